The molecule has 73 heavy (non-hydrogen) atoms. The van der Waals surface area contributed by atoms with E-state index in [1.807, 2.05) is 146 Å². The number of nitrogens with zero attached hydrogens (tertiary/aromatic N) is 8. The molecule has 0 N–H and O–H groups in total. The van der Waals surface area contributed by atoms with E-state index in [2.05, 4.69) is 97.1 Å². The normalized spacial score (nSPS) is 12.2. The fraction of sp³-hybridized carbons (Fsp3) is 0. The van der Waals surface area contributed by atoms with Crippen molar-refractivity contribution in [3.63, 3.8) is 0 Å². The molecule has 0 aliphatic carbocycles. The molecule has 3 aromatic heterocycles. The summed E-state index contributed by atoms with van der Waals surface area (Å²) in [6, 6.07) is 82.2. The fourth-order valence-corrected chi connectivity index (χ4v) is 9.82. The van der Waals surface area contributed by atoms with Crippen molar-refractivity contribution in [1.29, 1.82) is 0 Å². The number of aromatic nitrogens is 8. The van der Waals surface area contributed by atoms with E-state index in [9.17, 15) is 0 Å². The smallest absolute Gasteiger partial charge is 0.357 e. The number of hydrogen-bond donors (Lipinski definition) is 0. The summed E-state index contributed by atoms with van der Waals surface area (Å²) in [6.45, 7) is 0. The van der Waals surface area contributed by atoms with Gasteiger partial charge in [0.2, 0.25) is 0 Å². The van der Waals surface area contributed by atoms with Crippen LogP contribution in [0.25, 0.3) is 89.4 Å². The molecule has 13 rings (SSSR count). The fourth-order valence-electron chi connectivity index (χ4n) is 9.82. The first-order valence-electron chi connectivity index (χ1n) is 23.9. The predicted molar refractivity (Wildman–Crippen MR) is 288 cm³/mol. The second-order valence-electron chi connectivity index (χ2n) is 17.4. The molecule has 0 amide bonds. The molecule has 2 aliphatic rings. The van der Waals surface area contributed by atoms with Crippen molar-refractivity contribution in [2.24, 2.45) is 0 Å². The maximum absolute atomic E-state index is 5.58. The third-order valence-electron chi connectivity index (χ3n) is 13.0. The first-order valence-corrected chi connectivity index (χ1v) is 23.9. The van der Waals surface area contributed by atoms with Crippen molar-refractivity contribution in [2.75, 3.05) is 0 Å². The molecule has 0 saturated heterocycles. The van der Waals surface area contributed by atoms with Crippen LogP contribution in [0.2, 0.25) is 0 Å². The largest absolute Gasteiger partial charge is 2.00 e. The van der Waals surface area contributed by atoms with Crippen molar-refractivity contribution in [3.05, 3.63) is 288 Å². The van der Waals surface area contributed by atoms with Crippen molar-refractivity contribution < 1.29 is 17.1 Å². The molecule has 0 saturated carbocycles. The Hall–Kier alpha value is -9.40. The molecule has 8 aromatic carbocycles. The minimum Gasteiger partial charge on any atom is -0.357 e. The van der Waals surface area contributed by atoms with E-state index in [0.29, 0.717) is 45.9 Å². The van der Waals surface area contributed by atoms with Crippen molar-refractivity contribution in [1.82, 2.24) is 39.9 Å². The van der Waals surface area contributed by atoms with Gasteiger partial charge >= 0.3 is 17.1 Å². The van der Waals surface area contributed by atoms with Crippen molar-refractivity contribution in [2.45, 2.75) is 0 Å². The Morgan fingerprint density at radius 1 is 0.192 bits per heavy atom. The van der Waals surface area contributed by atoms with E-state index in [4.69, 9.17) is 39.9 Å². The van der Waals surface area contributed by atoms with Crippen LogP contribution in [-0.2, 0) is 17.1 Å². The van der Waals surface area contributed by atoms with Crippen LogP contribution in [-0.4, -0.2) is 29.9 Å². The molecule has 5 heterocycles. The van der Waals surface area contributed by atoms with Gasteiger partial charge in [0.15, 0.2) is 0 Å². The average molecular weight is 977 g/mol. The van der Waals surface area contributed by atoms with E-state index in [0.717, 1.165) is 89.1 Å². The van der Waals surface area contributed by atoms with Crippen LogP contribution in [0, 0.1) is 0 Å². The Balaban J connectivity index is 0.00000543. The molecule has 8 nitrogen and oxygen atoms in total. The summed E-state index contributed by atoms with van der Waals surface area (Å²) in [7, 11) is 0. The SMILES string of the molecule is [Fe+2].c1ccc(C2=C(c3ccccc3)c3nc2nc2[n-]c(nc4nc(nc5[n-]c(n3)c(-c3ccccc3)c5-c3ccccc3)C(c3ccccc3)=C4c3ccccc3)c(-c3ccccc3)c2-c2ccccc2)cc1. The monoisotopic (exact) mass is 976 g/mol. The van der Waals surface area contributed by atoms with Crippen LogP contribution in [0.3, 0.4) is 0 Å². The van der Waals surface area contributed by atoms with Crippen LogP contribution < -0.4 is 9.97 Å². The third-order valence-corrected chi connectivity index (χ3v) is 13.0. The summed E-state index contributed by atoms with van der Waals surface area (Å²) in [4.78, 5) is 44.2. The Morgan fingerprint density at radius 2 is 0.356 bits per heavy atom. The first-order chi connectivity index (χ1) is 35.7. The Kier molecular flexibility index (Phi) is 11.9. The van der Waals surface area contributed by atoms with Gasteiger partial charge < -0.3 is 29.9 Å². The van der Waals surface area contributed by atoms with E-state index in [1.54, 1.807) is 0 Å². The van der Waals surface area contributed by atoms with E-state index < -0.39 is 0 Å². The molecular formula is C64H40FeN8. The zero-order valence-electron chi connectivity index (χ0n) is 39.0. The molecule has 9 heteroatoms. The van der Waals surface area contributed by atoms with Crippen LogP contribution in [0.5, 0.6) is 0 Å². The van der Waals surface area contributed by atoms with Gasteiger partial charge in [0.05, 0.1) is 23.3 Å². The summed E-state index contributed by atoms with van der Waals surface area (Å²) >= 11 is 0. The summed E-state index contributed by atoms with van der Waals surface area (Å²) < 4.78 is 0. The second-order valence-corrected chi connectivity index (χ2v) is 17.4. The van der Waals surface area contributed by atoms with Gasteiger partial charge in [-0.05, 0) is 44.5 Å². The van der Waals surface area contributed by atoms with Crippen LogP contribution in [0.15, 0.2) is 243 Å². The summed E-state index contributed by atoms with van der Waals surface area (Å²) in [6.07, 6.45) is 0. The minimum atomic E-state index is 0. The first kappa shape index (κ1) is 44.8. The van der Waals surface area contributed by atoms with Gasteiger partial charge in [0.25, 0.3) is 0 Å². The molecule has 0 atom stereocenters. The molecule has 0 spiro atoms. The summed E-state index contributed by atoms with van der Waals surface area (Å²) in [5.74, 6) is 1.83. The molecule has 0 radical (unpaired) electrons. The average Bonchev–Trinajstić information content (AvgIpc) is 4.20. The van der Waals surface area contributed by atoms with Crippen molar-refractivity contribution in [3.8, 4) is 44.5 Å². The molecule has 2 aliphatic heterocycles. The van der Waals surface area contributed by atoms with Gasteiger partial charge in [-0.3, -0.25) is 0 Å². The number of benzene rings is 8. The van der Waals surface area contributed by atoms with Gasteiger partial charge in [-0.15, -0.1) is 0 Å². The number of rotatable bonds is 8. The summed E-state index contributed by atoms with van der Waals surface area (Å²) in [5.41, 5.74) is 15.8. The molecule has 8 bridgehead atoms. The molecule has 0 fully saturated rings. The number of fused-ring (bicyclic) bond motifs is 8. The maximum Gasteiger partial charge on any atom is 2.00 e. The maximum atomic E-state index is 5.58. The van der Waals surface area contributed by atoms with Gasteiger partial charge in [-0.1, -0.05) is 243 Å². The second kappa shape index (κ2) is 19.4. The van der Waals surface area contributed by atoms with Crippen molar-refractivity contribution >= 4 is 44.9 Å². The Labute approximate surface area is 432 Å². The Morgan fingerprint density at radius 3 is 0.534 bits per heavy atom. The van der Waals surface area contributed by atoms with E-state index in [-0.39, 0.29) is 17.1 Å². The van der Waals surface area contributed by atoms with Gasteiger partial charge in [-0.2, -0.15) is 0 Å². The standard InChI is InChI=1S/C64H40N8.Fe/c1-9-25-41(26-10-1)49-50(42-27-11-2-12-28-42)58-65-57(49)69-59-51(43-29-13-3-14-30-43)52(44-31-15-4-16-32-44)61(66-59)71-63-55(47-37-21-7-22-38-47)56(48-39-23-8-24-40-48)64(68-63)72-62-54(46-35-19-6-20-36-46)53(60(67-62)70-58)45-33-17-5-18-34-45;/h1-40H;/q-2;+2. The van der Waals surface area contributed by atoms with Gasteiger partial charge in [0.1, 0.15) is 0 Å². The molecule has 11 aromatic rings. The summed E-state index contributed by atoms with van der Waals surface area (Å²) in [5, 5.41) is 0. The zero-order valence-corrected chi connectivity index (χ0v) is 40.1. The van der Waals surface area contributed by atoms with Crippen LogP contribution in [0.4, 0.5) is 0 Å². The van der Waals surface area contributed by atoms with Crippen LogP contribution in [0.1, 0.15) is 45.6 Å². The third kappa shape index (κ3) is 8.28. The van der Waals surface area contributed by atoms with Gasteiger partial charge in [-0.25, -0.2) is 9.97 Å². The van der Waals surface area contributed by atoms with Crippen LogP contribution >= 0.6 is 0 Å². The predicted octanol–water partition coefficient (Wildman–Crippen LogP) is 13.8. The van der Waals surface area contributed by atoms with E-state index in [1.165, 1.54) is 0 Å². The van der Waals surface area contributed by atoms with Gasteiger partial charge in [0, 0.05) is 67.1 Å². The molecular weight excluding hydrogens is 937 g/mol. The Bertz CT molecular complexity index is 3510. The molecule has 344 valence electrons. The molecule has 0 unspecified atom stereocenters. The minimum absolute atomic E-state index is 0. The topological polar surface area (TPSA) is 106 Å². The quantitative estimate of drug-likeness (QED) is 0.139. The number of hydrogen-bond acceptors (Lipinski definition) is 6. The zero-order chi connectivity index (χ0) is 47.8. The van der Waals surface area contributed by atoms with E-state index >= 15 is 0 Å².